The first-order valence-corrected chi connectivity index (χ1v) is 11.5. The number of piperazine rings is 1. The fourth-order valence-corrected chi connectivity index (χ4v) is 4.64. The number of guanidine groups is 1. The predicted molar refractivity (Wildman–Crippen MR) is 126 cm³/mol. The maximum atomic E-state index is 4.56. The quantitative estimate of drug-likeness (QED) is 0.591. The molecule has 0 radical (unpaired) electrons. The molecule has 2 aliphatic rings. The Kier molecular flexibility index (Phi) is 7.25. The van der Waals surface area contributed by atoms with Crippen LogP contribution in [0.3, 0.4) is 0 Å². The standard InChI is InChI=1S/C24H37N7/c1-20-8-10-30(18-23(20)31-11-9-26-19-31)24(25-2)27-16-21-4-6-22(7-5-21)17-29-14-12-28(3)13-15-29/h4-7,9,11,19-20,23H,8,10,12-18H2,1-3H3,(H,25,27). The van der Waals surface area contributed by atoms with Gasteiger partial charge in [-0.3, -0.25) is 9.89 Å². The van der Waals surface area contributed by atoms with Crippen LogP contribution in [0.5, 0.6) is 0 Å². The van der Waals surface area contributed by atoms with E-state index in [9.17, 15) is 0 Å². The summed E-state index contributed by atoms with van der Waals surface area (Å²) in [5, 5.41) is 3.58. The second kappa shape index (κ2) is 10.3. The molecule has 1 N–H and O–H groups in total. The number of hydrogen-bond donors (Lipinski definition) is 1. The van der Waals surface area contributed by atoms with Crippen molar-refractivity contribution in [2.75, 3.05) is 53.4 Å². The van der Waals surface area contributed by atoms with E-state index in [1.54, 1.807) is 0 Å². The van der Waals surface area contributed by atoms with Crippen LogP contribution in [0.4, 0.5) is 0 Å². The SMILES string of the molecule is CN=C(NCc1ccc(CN2CCN(C)CC2)cc1)N1CCC(C)C(n2ccnc2)C1. The largest absolute Gasteiger partial charge is 0.352 e. The Bertz CT molecular complexity index is 822. The summed E-state index contributed by atoms with van der Waals surface area (Å²) in [6.45, 7) is 10.8. The van der Waals surface area contributed by atoms with Crippen LogP contribution in [-0.2, 0) is 13.1 Å². The Balaban J connectivity index is 1.29. The molecular weight excluding hydrogens is 386 g/mol. The minimum absolute atomic E-state index is 0.434. The molecule has 1 aromatic carbocycles. The molecule has 7 heteroatoms. The molecule has 0 spiro atoms. The number of aliphatic imine (C=N–C) groups is 1. The van der Waals surface area contributed by atoms with Gasteiger partial charge >= 0.3 is 0 Å². The summed E-state index contributed by atoms with van der Waals surface area (Å²) < 4.78 is 2.24. The monoisotopic (exact) mass is 423 g/mol. The smallest absolute Gasteiger partial charge is 0.193 e. The highest BCUT2D eigenvalue weighted by Gasteiger charge is 2.28. The summed E-state index contributed by atoms with van der Waals surface area (Å²) in [5.74, 6) is 1.62. The van der Waals surface area contributed by atoms with E-state index >= 15 is 0 Å². The lowest BCUT2D eigenvalue weighted by Crippen LogP contribution is -2.48. The molecule has 2 fully saturated rings. The summed E-state index contributed by atoms with van der Waals surface area (Å²) in [6.07, 6.45) is 7.03. The van der Waals surface area contributed by atoms with Crippen molar-refractivity contribution < 1.29 is 0 Å². The number of piperidine rings is 1. The minimum atomic E-state index is 0.434. The van der Waals surface area contributed by atoms with Gasteiger partial charge in [0.1, 0.15) is 0 Å². The number of nitrogens with one attached hydrogen (secondary N) is 1. The molecule has 1 aromatic heterocycles. The van der Waals surface area contributed by atoms with E-state index < -0.39 is 0 Å². The predicted octanol–water partition coefficient (Wildman–Crippen LogP) is 2.29. The summed E-state index contributed by atoms with van der Waals surface area (Å²) in [7, 11) is 4.08. The number of nitrogens with zero attached hydrogens (tertiary/aromatic N) is 6. The van der Waals surface area contributed by atoms with Gasteiger partial charge in [-0.15, -0.1) is 0 Å². The summed E-state index contributed by atoms with van der Waals surface area (Å²) in [4.78, 5) is 16.1. The molecule has 3 heterocycles. The van der Waals surface area contributed by atoms with Gasteiger partial charge in [-0.25, -0.2) is 4.98 Å². The summed E-state index contributed by atoms with van der Waals surface area (Å²) >= 11 is 0. The van der Waals surface area contributed by atoms with Gasteiger partial charge in [0, 0.05) is 71.8 Å². The van der Waals surface area contributed by atoms with Crippen molar-refractivity contribution in [1.82, 2.24) is 29.6 Å². The molecule has 2 aliphatic heterocycles. The topological polar surface area (TPSA) is 51.9 Å². The van der Waals surface area contributed by atoms with Crippen LogP contribution in [0.15, 0.2) is 48.0 Å². The fourth-order valence-electron chi connectivity index (χ4n) is 4.64. The number of imidazole rings is 1. The van der Waals surface area contributed by atoms with Gasteiger partial charge in [0.25, 0.3) is 0 Å². The van der Waals surface area contributed by atoms with Crippen molar-refractivity contribution >= 4 is 5.96 Å². The third-order valence-electron chi connectivity index (χ3n) is 6.81. The Morgan fingerprint density at radius 2 is 1.84 bits per heavy atom. The lowest BCUT2D eigenvalue weighted by Gasteiger charge is -2.39. The summed E-state index contributed by atoms with van der Waals surface area (Å²) in [5.41, 5.74) is 2.69. The Morgan fingerprint density at radius 3 is 2.52 bits per heavy atom. The van der Waals surface area contributed by atoms with Crippen molar-refractivity contribution in [1.29, 1.82) is 0 Å². The van der Waals surface area contributed by atoms with Crippen LogP contribution in [0.1, 0.15) is 30.5 Å². The van der Waals surface area contributed by atoms with Gasteiger partial charge < -0.3 is 19.7 Å². The van der Waals surface area contributed by atoms with Crippen molar-refractivity contribution in [3.63, 3.8) is 0 Å². The van der Waals surface area contributed by atoms with Crippen LogP contribution in [0.25, 0.3) is 0 Å². The van der Waals surface area contributed by atoms with Gasteiger partial charge in [-0.05, 0) is 30.5 Å². The third-order valence-corrected chi connectivity index (χ3v) is 6.81. The zero-order valence-corrected chi connectivity index (χ0v) is 19.2. The molecular formula is C24H37N7. The normalized spacial score (nSPS) is 23.8. The van der Waals surface area contributed by atoms with Gasteiger partial charge in [0.15, 0.2) is 5.96 Å². The van der Waals surface area contributed by atoms with Crippen LogP contribution < -0.4 is 5.32 Å². The number of likely N-dealkylation sites (N-methyl/N-ethyl adjacent to an activating group) is 1. The van der Waals surface area contributed by atoms with Crippen molar-refractivity contribution in [3.8, 4) is 0 Å². The molecule has 2 saturated heterocycles. The van der Waals surface area contributed by atoms with E-state index in [0.717, 1.165) is 64.7 Å². The maximum Gasteiger partial charge on any atom is 0.193 e. The van der Waals surface area contributed by atoms with Crippen LogP contribution >= 0.6 is 0 Å². The average molecular weight is 424 g/mol. The molecule has 0 bridgehead atoms. The number of benzene rings is 1. The average Bonchev–Trinajstić information content (AvgIpc) is 3.32. The van der Waals surface area contributed by atoms with E-state index in [-0.39, 0.29) is 0 Å². The Morgan fingerprint density at radius 1 is 1.10 bits per heavy atom. The first-order chi connectivity index (χ1) is 15.1. The first kappa shape index (κ1) is 21.8. The highest BCUT2D eigenvalue weighted by atomic mass is 15.3. The molecule has 4 rings (SSSR count). The van der Waals surface area contributed by atoms with E-state index in [1.165, 1.54) is 11.1 Å². The van der Waals surface area contributed by atoms with E-state index in [4.69, 9.17) is 0 Å². The molecule has 0 saturated carbocycles. The lowest BCUT2D eigenvalue weighted by molar-refractivity contribution is 0.148. The van der Waals surface area contributed by atoms with Crippen LogP contribution in [-0.4, -0.2) is 83.6 Å². The highest BCUT2D eigenvalue weighted by Crippen LogP contribution is 2.27. The zero-order chi connectivity index (χ0) is 21.6. The van der Waals surface area contributed by atoms with Gasteiger partial charge in [0.2, 0.25) is 0 Å². The van der Waals surface area contributed by atoms with Gasteiger partial charge in [-0.1, -0.05) is 31.2 Å². The second-order valence-electron chi connectivity index (χ2n) is 9.09. The van der Waals surface area contributed by atoms with Crippen molar-refractivity contribution in [2.24, 2.45) is 10.9 Å². The summed E-state index contributed by atoms with van der Waals surface area (Å²) in [6, 6.07) is 9.48. The molecule has 0 amide bonds. The number of likely N-dealkylation sites (tertiary alicyclic amines) is 1. The highest BCUT2D eigenvalue weighted by molar-refractivity contribution is 5.80. The van der Waals surface area contributed by atoms with Gasteiger partial charge in [-0.2, -0.15) is 0 Å². The van der Waals surface area contributed by atoms with Crippen LogP contribution in [0.2, 0.25) is 0 Å². The zero-order valence-electron chi connectivity index (χ0n) is 19.2. The molecule has 31 heavy (non-hydrogen) atoms. The molecule has 2 aromatic rings. The molecule has 2 atom stereocenters. The Hall–Kier alpha value is -2.38. The first-order valence-electron chi connectivity index (χ1n) is 11.5. The maximum absolute atomic E-state index is 4.56. The molecule has 0 aliphatic carbocycles. The van der Waals surface area contributed by atoms with Crippen molar-refractivity contribution in [3.05, 3.63) is 54.1 Å². The molecule has 2 unspecified atom stereocenters. The number of hydrogen-bond acceptors (Lipinski definition) is 4. The van der Waals surface area contributed by atoms with Gasteiger partial charge in [0.05, 0.1) is 12.4 Å². The molecule has 168 valence electrons. The van der Waals surface area contributed by atoms with E-state index in [2.05, 4.69) is 79.0 Å². The van der Waals surface area contributed by atoms with E-state index in [1.807, 2.05) is 19.6 Å². The number of aromatic nitrogens is 2. The van der Waals surface area contributed by atoms with Crippen molar-refractivity contribution in [2.45, 2.75) is 32.5 Å². The fraction of sp³-hybridized carbons (Fsp3) is 0.583. The Labute approximate surface area is 186 Å². The third kappa shape index (κ3) is 5.66. The van der Waals surface area contributed by atoms with E-state index in [0.29, 0.717) is 12.0 Å². The minimum Gasteiger partial charge on any atom is -0.352 e. The van der Waals surface area contributed by atoms with Crippen LogP contribution in [0, 0.1) is 5.92 Å². The number of rotatable bonds is 5. The second-order valence-corrected chi connectivity index (χ2v) is 9.09. The lowest BCUT2D eigenvalue weighted by atomic mass is 9.93. The molecule has 7 nitrogen and oxygen atoms in total.